The molecule has 1 fully saturated rings. The van der Waals surface area contributed by atoms with Crippen molar-refractivity contribution in [1.82, 2.24) is 0 Å². The first-order valence-corrected chi connectivity index (χ1v) is 19.1. The largest absolute Gasteiger partial charge is 0.454 e. The van der Waals surface area contributed by atoms with Gasteiger partial charge in [0.05, 0.1) is 5.69 Å². The summed E-state index contributed by atoms with van der Waals surface area (Å²) >= 11 is 0. The molecule has 1 heterocycles. The van der Waals surface area contributed by atoms with E-state index in [0.29, 0.717) is 5.92 Å². The van der Waals surface area contributed by atoms with E-state index < -0.39 is 0 Å². The molecular weight excluding hydrogens is 645 g/mol. The molecule has 1 unspecified atom stereocenters. The van der Waals surface area contributed by atoms with Crippen molar-refractivity contribution in [3.63, 3.8) is 0 Å². The first-order valence-electron chi connectivity index (χ1n) is 19.1. The van der Waals surface area contributed by atoms with Crippen molar-refractivity contribution in [2.24, 2.45) is 0 Å². The van der Waals surface area contributed by atoms with E-state index in [4.69, 9.17) is 4.42 Å². The van der Waals surface area contributed by atoms with Crippen molar-refractivity contribution in [1.29, 1.82) is 0 Å². The molecule has 0 aliphatic heterocycles. The van der Waals surface area contributed by atoms with Gasteiger partial charge in [-0.05, 0) is 108 Å². The van der Waals surface area contributed by atoms with Crippen molar-refractivity contribution in [2.75, 3.05) is 9.80 Å². The summed E-state index contributed by atoms with van der Waals surface area (Å²) in [6.45, 7) is 2.30. The molecule has 0 N–H and O–H groups in total. The van der Waals surface area contributed by atoms with Gasteiger partial charge in [-0.2, -0.15) is 0 Å². The average molecular weight is 689 g/mol. The van der Waals surface area contributed by atoms with Gasteiger partial charge in [0.25, 0.3) is 0 Å². The fourth-order valence-electron chi connectivity index (χ4n) is 8.29. The third-order valence-corrected chi connectivity index (χ3v) is 11.2. The highest BCUT2D eigenvalue weighted by Crippen LogP contribution is 2.43. The Morgan fingerprint density at radius 1 is 0.453 bits per heavy atom. The predicted octanol–water partition coefficient (Wildman–Crippen LogP) is 14.7. The lowest BCUT2D eigenvalue weighted by atomic mass is 9.84. The van der Waals surface area contributed by atoms with Gasteiger partial charge in [-0.3, -0.25) is 0 Å². The van der Waals surface area contributed by atoms with E-state index in [9.17, 15) is 0 Å². The van der Waals surface area contributed by atoms with E-state index in [1.165, 1.54) is 54.5 Å². The fourth-order valence-corrected chi connectivity index (χ4v) is 8.29. The Hall–Kier alpha value is -6.06. The highest BCUT2D eigenvalue weighted by molar-refractivity contribution is 6.10. The molecule has 1 atom stereocenters. The minimum absolute atomic E-state index is 0.224. The number of anilines is 6. The molecule has 8 aromatic rings. The number of nitrogens with zero attached hydrogens (tertiary/aromatic N) is 2. The molecule has 1 aromatic heterocycles. The van der Waals surface area contributed by atoms with Crippen LogP contribution in [0.4, 0.5) is 34.1 Å². The van der Waals surface area contributed by atoms with Crippen LogP contribution < -0.4 is 9.80 Å². The maximum atomic E-state index is 6.50. The van der Waals surface area contributed by atoms with Crippen LogP contribution in [0.3, 0.4) is 0 Å². The van der Waals surface area contributed by atoms with E-state index in [-0.39, 0.29) is 5.92 Å². The molecule has 3 nitrogen and oxygen atoms in total. The first-order chi connectivity index (χ1) is 26.2. The summed E-state index contributed by atoms with van der Waals surface area (Å²) in [5.74, 6) is 0.923. The molecule has 1 aliphatic rings. The number of benzene rings is 7. The molecule has 0 amide bonds. The molecular formula is C50H44N2O. The van der Waals surface area contributed by atoms with Gasteiger partial charge in [0.1, 0.15) is 5.58 Å². The molecule has 0 bridgehead atoms. The predicted molar refractivity (Wildman–Crippen MR) is 223 cm³/mol. The van der Waals surface area contributed by atoms with Gasteiger partial charge < -0.3 is 14.2 Å². The van der Waals surface area contributed by atoms with Gasteiger partial charge >= 0.3 is 0 Å². The summed E-state index contributed by atoms with van der Waals surface area (Å²) in [6.07, 6.45) is 6.71. The number of hydrogen-bond acceptors (Lipinski definition) is 3. The Labute approximate surface area is 312 Å². The molecule has 260 valence electrons. The zero-order valence-electron chi connectivity index (χ0n) is 30.2. The smallest absolute Gasteiger partial charge is 0.159 e. The second kappa shape index (κ2) is 14.5. The van der Waals surface area contributed by atoms with Gasteiger partial charge in [-0.25, -0.2) is 0 Å². The molecule has 0 saturated heterocycles. The lowest BCUT2D eigenvalue weighted by molar-refractivity contribution is 0.443. The molecule has 53 heavy (non-hydrogen) atoms. The van der Waals surface area contributed by atoms with Crippen LogP contribution in [-0.2, 0) is 0 Å². The quantitative estimate of drug-likeness (QED) is 0.150. The van der Waals surface area contributed by atoms with Gasteiger partial charge in [0.2, 0.25) is 0 Å². The van der Waals surface area contributed by atoms with Crippen molar-refractivity contribution in [3.05, 3.63) is 193 Å². The Morgan fingerprint density at radius 3 is 1.57 bits per heavy atom. The second-order valence-electron chi connectivity index (χ2n) is 14.4. The molecule has 0 radical (unpaired) electrons. The van der Waals surface area contributed by atoms with E-state index in [1.807, 2.05) is 12.1 Å². The molecule has 3 heteroatoms. The Morgan fingerprint density at radius 2 is 0.943 bits per heavy atom. The van der Waals surface area contributed by atoms with Crippen molar-refractivity contribution in [2.45, 2.75) is 50.9 Å². The fraction of sp³-hybridized carbons (Fsp3) is 0.160. The summed E-state index contributed by atoms with van der Waals surface area (Å²) < 4.78 is 6.50. The highest BCUT2D eigenvalue weighted by Gasteiger charge is 2.21. The molecule has 7 aromatic carbocycles. The van der Waals surface area contributed by atoms with Crippen LogP contribution in [0, 0.1) is 0 Å². The maximum Gasteiger partial charge on any atom is 0.159 e. The van der Waals surface area contributed by atoms with Gasteiger partial charge in [0.15, 0.2) is 5.58 Å². The zero-order valence-corrected chi connectivity index (χ0v) is 30.2. The van der Waals surface area contributed by atoms with E-state index in [2.05, 4.69) is 181 Å². The lowest BCUT2D eigenvalue weighted by Gasteiger charge is -2.27. The van der Waals surface area contributed by atoms with Crippen LogP contribution in [0.25, 0.3) is 21.9 Å². The summed E-state index contributed by atoms with van der Waals surface area (Å²) in [4.78, 5) is 4.67. The van der Waals surface area contributed by atoms with Crippen LogP contribution in [0.5, 0.6) is 0 Å². The number of rotatable bonds is 9. The summed E-state index contributed by atoms with van der Waals surface area (Å²) in [5, 5.41) is 2.25. The number of para-hydroxylation sites is 4. The molecule has 1 aliphatic carbocycles. The van der Waals surface area contributed by atoms with Crippen molar-refractivity contribution < 1.29 is 4.42 Å². The molecule has 0 spiro atoms. The van der Waals surface area contributed by atoms with E-state index >= 15 is 0 Å². The van der Waals surface area contributed by atoms with Crippen molar-refractivity contribution >= 4 is 56.1 Å². The normalized spacial score (nSPS) is 14.0. The summed E-state index contributed by atoms with van der Waals surface area (Å²) in [6, 6.07) is 63.5. The van der Waals surface area contributed by atoms with Gasteiger partial charge in [-0.1, -0.05) is 129 Å². The second-order valence-corrected chi connectivity index (χ2v) is 14.4. The average Bonchev–Trinajstić information content (AvgIpc) is 3.62. The number of furan rings is 1. The third-order valence-electron chi connectivity index (χ3n) is 11.2. The van der Waals surface area contributed by atoms with Crippen LogP contribution in [0.1, 0.15) is 67.6 Å². The molecule has 9 rings (SSSR count). The lowest BCUT2D eigenvalue weighted by Crippen LogP contribution is -2.11. The van der Waals surface area contributed by atoms with Crippen LogP contribution >= 0.6 is 0 Å². The highest BCUT2D eigenvalue weighted by atomic mass is 16.3. The van der Waals surface area contributed by atoms with Gasteiger partial charge in [0, 0.05) is 45.1 Å². The zero-order chi connectivity index (χ0) is 35.6. The topological polar surface area (TPSA) is 19.6 Å². The van der Waals surface area contributed by atoms with E-state index in [0.717, 1.165) is 50.4 Å². The van der Waals surface area contributed by atoms with Crippen LogP contribution in [0.15, 0.2) is 180 Å². The Bertz CT molecular complexity index is 2430. The van der Waals surface area contributed by atoms with Gasteiger partial charge in [-0.15, -0.1) is 0 Å². The molecule has 1 saturated carbocycles. The standard InChI is InChI=1S/C50H44N2O/c1-36(37-24-30-43(31-25-37)51(41-16-7-3-8-17-41)44-34-28-40(29-35-44)39-14-5-2-6-15-39)38-26-32-45(33-27-38)52(42-18-9-4-10-19-42)48-22-13-21-47-46-20-11-12-23-49(46)53-50(47)48/h3-4,7-13,16-36,39H,2,5-6,14-15H2,1H3. The van der Waals surface area contributed by atoms with Crippen LogP contribution in [-0.4, -0.2) is 0 Å². The van der Waals surface area contributed by atoms with Crippen molar-refractivity contribution in [3.8, 4) is 0 Å². The van der Waals surface area contributed by atoms with E-state index in [1.54, 1.807) is 0 Å². The summed E-state index contributed by atoms with van der Waals surface area (Å²) in [7, 11) is 0. The number of hydrogen-bond donors (Lipinski definition) is 0. The summed E-state index contributed by atoms with van der Waals surface area (Å²) in [5.41, 5.74) is 12.5. The maximum absolute atomic E-state index is 6.50. The first kappa shape index (κ1) is 32.8. The third kappa shape index (κ3) is 6.49. The Balaban J connectivity index is 1.01. The van der Waals surface area contributed by atoms with Crippen LogP contribution in [0.2, 0.25) is 0 Å². The monoisotopic (exact) mass is 688 g/mol. The minimum Gasteiger partial charge on any atom is -0.454 e. The SMILES string of the molecule is CC(c1ccc(N(c2ccccc2)c2ccc(C3CCCCC3)cc2)cc1)c1ccc(N(c2ccccc2)c2cccc3c2oc2ccccc23)cc1. The number of fused-ring (bicyclic) bond motifs is 3. The minimum atomic E-state index is 0.224. The Kier molecular flexibility index (Phi) is 8.99.